The van der Waals surface area contributed by atoms with Crippen molar-refractivity contribution in [2.45, 2.75) is 27.2 Å². The van der Waals surface area contributed by atoms with Gasteiger partial charge in [0.2, 0.25) is 5.91 Å². The lowest BCUT2D eigenvalue weighted by Crippen LogP contribution is -3.15. The Bertz CT molecular complexity index is 869. The summed E-state index contributed by atoms with van der Waals surface area (Å²) in [5.74, 6) is 0.933. The Hall–Kier alpha value is -2.86. The number of carbonyl (C=O) groups is 2. The number of nitrogens with one attached hydrogen (secondary N) is 2. The van der Waals surface area contributed by atoms with Gasteiger partial charge in [0.15, 0.2) is 6.54 Å². The van der Waals surface area contributed by atoms with Gasteiger partial charge in [0.1, 0.15) is 5.75 Å². The predicted molar refractivity (Wildman–Crippen MR) is 118 cm³/mol. The van der Waals surface area contributed by atoms with Gasteiger partial charge in [0.25, 0.3) is 5.91 Å². The van der Waals surface area contributed by atoms with Crippen LogP contribution in [0.5, 0.6) is 5.75 Å². The first kappa shape index (κ1) is 21.8. The van der Waals surface area contributed by atoms with Gasteiger partial charge < -0.3 is 19.9 Å². The maximum absolute atomic E-state index is 12.5. The van der Waals surface area contributed by atoms with Gasteiger partial charge in [-0.05, 0) is 49.6 Å². The van der Waals surface area contributed by atoms with Crippen LogP contribution in [-0.4, -0.2) is 56.0 Å². The molecule has 1 fully saturated rings. The van der Waals surface area contributed by atoms with E-state index in [0.717, 1.165) is 41.2 Å². The van der Waals surface area contributed by atoms with Crippen LogP contribution in [0.1, 0.15) is 23.1 Å². The number of hydrogen-bond acceptors (Lipinski definition) is 3. The first-order chi connectivity index (χ1) is 14.4. The molecule has 2 amide bonds. The Morgan fingerprint density at radius 3 is 2.37 bits per heavy atom. The second-order valence-electron chi connectivity index (χ2n) is 8.04. The number of quaternary nitrogens is 1. The lowest BCUT2D eigenvalue weighted by atomic mass is 10.1. The SMILES string of the molecule is Cc1cccc(OCCC(=O)N2CC[NH+](CC(=O)Nc3c(C)cccc3C)CC2)c1. The molecule has 1 aliphatic rings. The summed E-state index contributed by atoms with van der Waals surface area (Å²) in [5, 5.41) is 3.05. The molecule has 6 heteroatoms. The van der Waals surface area contributed by atoms with Crippen LogP contribution >= 0.6 is 0 Å². The molecule has 1 heterocycles. The van der Waals surface area contributed by atoms with Gasteiger partial charge in [0, 0.05) is 5.69 Å². The maximum atomic E-state index is 12.5. The van der Waals surface area contributed by atoms with Gasteiger partial charge in [-0.2, -0.15) is 0 Å². The van der Waals surface area contributed by atoms with Crippen LogP contribution in [0.3, 0.4) is 0 Å². The van der Waals surface area contributed by atoms with E-state index in [0.29, 0.717) is 32.7 Å². The molecular formula is C24H32N3O3+. The smallest absolute Gasteiger partial charge is 0.279 e. The summed E-state index contributed by atoms with van der Waals surface area (Å²) in [4.78, 5) is 28.0. The number of hydrogen-bond donors (Lipinski definition) is 2. The Labute approximate surface area is 178 Å². The fraction of sp³-hybridized carbons (Fsp3) is 0.417. The van der Waals surface area contributed by atoms with Gasteiger partial charge >= 0.3 is 0 Å². The van der Waals surface area contributed by atoms with Crippen molar-refractivity contribution in [2.24, 2.45) is 0 Å². The van der Waals surface area contributed by atoms with Crippen molar-refractivity contribution in [3.8, 4) is 5.75 Å². The minimum Gasteiger partial charge on any atom is -0.493 e. The van der Waals surface area contributed by atoms with E-state index in [4.69, 9.17) is 4.74 Å². The summed E-state index contributed by atoms with van der Waals surface area (Å²) in [5.41, 5.74) is 4.19. The lowest BCUT2D eigenvalue weighted by molar-refractivity contribution is -0.895. The number of amides is 2. The molecule has 0 atom stereocenters. The molecule has 0 aliphatic carbocycles. The highest BCUT2D eigenvalue weighted by atomic mass is 16.5. The van der Waals surface area contributed by atoms with E-state index < -0.39 is 0 Å². The van der Waals surface area contributed by atoms with Crippen molar-refractivity contribution in [2.75, 3.05) is 44.6 Å². The lowest BCUT2D eigenvalue weighted by Gasteiger charge is -2.32. The highest BCUT2D eigenvalue weighted by molar-refractivity contribution is 5.93. The number of carbonyl (C=O) groups excluding carboxylic acids is 2. The summed E-state index contributed by atoms with van der Waals surface area (Å²) in [7, 11) is 0. The average Bonchev–Trinajstić information content (AvgIpc) is 2.71. The van der Waals surface area contributed by atoms with Gasteiger partial charge in [-0.3, -0.25) is 9.59 Å². The molecule has 30 heavy (non-hydrogen) atoms. The van der Waals surface area contributed by atoms with E-state index in [1.165, 1.54) is 4.90 Å². The van der Waals surface area contributed by atoms with Gasteiger partial charge in [-0.15, -0.1) is 0 Å². The fourth-order valence-corrected chi connectivity index (χ4v) is 3.79. The number of ether oxygens (including phenoxy) is 1. The van der Waals surface area contributed by atoms with Crippen LogP contribution in [0.15, 0.2) is 42.5 Å². The predicted octanol–water partition coefficient (Wildman–Crippen LogP) is 1.75. The molecule has 2 aromatic carbocycles. The van der Waals surface area contributed by atoms with Crippen molar-refractivity contribution in [1.29, 1.82) is 0 Å². The highest BCUT2D eigenvalue weighted by Gasteiger charge is 2.25. The second-order valence-corrected chi connectivity index (χ2v) is 8.04. The number of piperazine rings is 1. The number of para-hydroxylation sites is 1. The number of aryl methyl sites for hydroxylation is 3. The van der Waals surface area contributed by atoms with Crippen molar-refractivity contribution in [3.05, 3.63) is 59.2 Å². The average molecular weight is 411 g/mol. The molecule has 160 valence electrons. The number of rotatable bonds is 7. The van der Waals surface area contributed by atoms with Crippen LogP contribution in [0.25, 0.3) is 0 Å². The monoisotopic (exact) mass is 410 g/mol. The standard InChI is InChI=1S/C24H31N3O3/c1-18-6-4-9-21(16-18)30-15-10-23(29)27-13-11-26(12-14-27)17-22(28)25-24-19(2)7-5-8-20(24)3/h4-9,16H,10-15,17H2,1-3H3,(H,25,28)/p+1. The van der Waals surface area contributed by atoms with Gasteiger partial charge in [0.05, 0.1) is 39.2 Å². The molecule has 0 unspecified atom stereocenters. The second kappa shape index (κ2) is 10.3. The molecule has 1 aliphatic heterocycles. The van der Waals surface area contributed by atoms with Crippen molar-refractivity contribution < 1.29 is 19.2 Å². The largest absolute Gasteiger partial charge is 0.493 e. The number of nitrogens with zero attached hydrogens (tertiary/aromatic N) is 1. The summed E-state index contributed by atoms with van der Waals surface area (Å²) in [6, 6.07) is 13.8. The Morgan fingerprint density at radius 2 is 1.70 bits per heavy atom. The highest BCUT2D eigenvalue weighted by Crippen LogP contribution is 2.19. The Kier molecular flexibility index (Phi) is 7.46. The number of anilines is 1. The molecule has 0 saturated carbocycles. The third-order valence-corrected chi connectivity index (χ3v) is 5.55. The van der Waals surface area contributed by atoms with Crippen molar-refractivity contribution in [1.82, 2.24) is 4.90 Å². The molecule has 6 nitrogen and oxygen atoms in total. The molecule has 3 rings (SSSR count). The summed E-state index contributed by atoms with van der Waals surface area (Å²) >= 11 is 0. The molecule has 2 aromatic rings. The maximum Gasteiger partial charge on any atom is 0.279 e. The summed E-state index contributed by atoms with van der Waals surface area (Å²) < 4.78 is 5.69. The third-order valence-electron chi connectivity index (χ3n) is 5.55. The van der Waals surface area contributed by atoms with Crippen LogP contribution in [-0.2, 0) is 9.59 Å². The van der Waals surface area contributed by atoms with E-state index in [2.05, 4.69) is 5.32 Å². The van der Waals surface area contributed by atoms with E-state index in [-0.39, 0.29) is 11.8 Å². The zero-order chi connectivity index (χ0) is 21.5. The Balaban J connectivity index is 1.38. The zero-order valence-corrected chi connectivity index (χ0v) is 18.2. The minimum absolute atomic E-state index is 0.0220. The van der Waals surface area contributed by atoms with E-state index >= 15 is 0 Å². The van der Waals surface area contributed by atoms with E-state index in [9.17, 15) is 9.59 Å². The zero-order valence-electron chi connectivity index (χ0n) is 18.2. The molecule has 0 bridgehead atoms. The summed E-state index contributed by atoms with van der Waals surface area (Å²) in [6.07, 6.45) is 0.371. The quantitative estimate of drug-likeness (QED) is 0.731. The molecule has 2 N–H and O–H groups in total. The van der Waals surface area contributed by atoms with Gasteiger partial charge in [-0.1, -0.05) is 30.3 Å². The molecular weight excluding hydrogens is 378 g/mol. The minimum atomic E-state index is 0.0220. The van der Waals surface area contributed by atoms with Crippen molar-refractivity contribution >= 4 is 17.5 Å². The molecule has 1 saturated heterocycles. The van der Waals surface area contributed by atoms with E-state index in [1.807, 2.05) is 68.1 Å². The molecule has 0 radical (unpaired) electrons. The first-order valence-corrected chi connectivity index (χ1v) is 10.6. The van der Waals surface area contributed by atoms with E-state index in [1.54, 1.807) is 0 Å². The molecule has 0 aromatic heterocycles. The van der Waals surface area contributed by atoms with Crippen LogP contribution in [0.4, 0.5) is 5.69 Å². The number of benzene rings is 2. The van der Waals surface area contributed by atoms with Crippen LogP contribution in [0, 0.1) is 20.8 Å². The first-order valence-electron chi connectivity index (χ1n) is 10.6. The summed E-state index contributed by atoms with van der Waals surface area (Å²) in [6.45, 7) is 9.74. The van der Waals surface area contributed by atoms with Crippen molar-refractivity contribution in [3.63, 3.8) is 0 Å². The molecule has 0 spiro atoms. The Morgan fingerprint density at radius 1 is 1.03 bits per heavy atom. The van der Waals surface area contributed by atoms with Crippen LogP contribution < -0.4 is 15.0 Å². The third kappa shape index (κ3) is 6.07. The van der Waals surface area contributed by atoms with Crippen LogP contribution in [0.2, 0.25) is 0 Å². The van der Waals surface area contributed by atoms with Gasteiger partial charge in [-0.25, -0.2) is 0 Å². The normalized spacial score (nSPS) is 14.4. The fourth-order valence-electron chi connectivity index (χ4n) is 3.79. The topological polar surface area (TPSA) is 63.1 Å².